The molecule has 2 rings (SSSR count). The maximum absolute atomic E-state index is 12.4. The van der Waals surface area contributed by atoms with Gasteiger partial charge in [-0.3, -0.25) is 9.78 Å². The molecule has 116 valence electrons. The molecule has 0 saturated carbocycles. The molecule has 0 aliphatic heterocycles. The normalized spacial score (nSPS) is 9.95. The number of nitrogens with zero attached hydrogens (tertiary/aromatic N) is 1. The van der Waals surface area contributed by atoms with E-state index in [1.165, 1.54) is 21.3 Å². The minimum absolute atomic E-state index is 0.255. The van der Waals surface area contributed by atoms with E-state index in [0.29, 0.717) is 29.4 Å². The van der Waals surface area contributed by atoms with E-state index in [4.69, 9.17) is 14.2 Å². The highest BCUT2D eigenvalue weighted by Gasteiger charge is 2.17. The van der Waals surface area contributed by atoms with E-state index in [9.17, 15) is 4.79 Å². The van der Waals surface area contributed by atoms with Gasteiger partial charge < -0.3 is 19.5 Å². The molecule has 0 saturated heterocycles. The molecule has 2 aromatic rings. The second kappa shape index (κ2) is 7.31. The monoisotopic (exact) mass is 302 g/mol. The number of pyridine rings is 1. The van der Waals surface area contributed by atoms with E-state index in [2.05, 4.69) is 10.3 Å². The van der Waals surface area contributed by atoms with E-state index in [-0.39, 0.29) is 5.91 Å². The van der Waals surface area contributed by atoms with Crippen molar-refractivity contribution in [3.05, 3.63) is 47.8 Å². The van der Waals surface area contributed by atoms with Crippen molar-refractivity contribution in [2.45, 2.75) is 6.54 Å². The molecule has 0 spiro atoms. The molecule has 0 unspecified atom stereocenters. The van der Waals surface area contributed by atoms with Crippen LogP contribution in [-0.2, 0) is 6.54 Å². The van der Waals surface area contributed by atoms with Crippen LogP contribution in [0.4, 0.5) is 0 Å². The zero-order valence-corrected chi connectivity index (χ0v) is 12.8. The maximum atomic E-state index is 12.4. The molecule has 0 atom stereocenters. The molecule has 6 nitrogen and oxygen atoms in total. The van der Waals surface area contributed by atoms with Crippen molar-refractivity contribution >= 4 is 5.91 Å². The predicted molar refractivity (Wildman–Crippen MR) is 81.5 cm³/mol. The summed E-state index contributed by atoms with van der Waals surface area (Å²) in [6.45, 7) is 0.402. The largest absolute Gasteiger partial charge is 0.496 e. The molecule has 0 aliphatic carbocycles. The molecule has 0 bridgehead atoms. The summed E-state index contributed by atoms with van der Waals surface area (Å²) in [4.78, 5) is 16.3. The predicted octanol–water partition coefficient (Wildman–Crippen LogP) is 2.04. The Kier molecular flexibility index (Phi) is 5.19. The van der Waals surface area contributed by atoms with E-state index in [1.807, 2.05) is 12.1 Å². The lowest BCUT2D eigenvalue weighted by molar-refractivity contribution is 0.0947. The van der Waals surface area contributed by atoms with Gasteiger partial charge >= 0.3 is 0 Å². The van der Waals surface area contributed by atoms with E-state index in [1.54, 1.807) is 24.5 Å². The van der Waals surface area contributed by atoms with Gasteiger partial charge in [-0.2, -0.15) is 0 Å². The summed E-state index contributed by atoms with van der Waals surface area (Å²) < 4.78 is 15.7. The Morgan fingerprint density at radius 3 is 2.18 bits per heavy atom. The van der Waals surface area contributed by atoms with Crippen LogP contribution in [0, 0.1) is 0 Å². The SMILES string of the molecule is COc1cc(OC)c(C(=O)NCc2ccncc2)cc1OC. The van der Waals surface area contributed by atoms with Gasteiger partial charge in [-0.1, -0.05) is 0 Å². The summed E-state index contributed by atoms with van der Waals surface area (Å²) in [7, 11) is 4.55. The number of carbonyl (C=O) groups excluding carboxylic acids is 1. The summed E-state index contributed by atoms with van der Waals surface area (Å²) >= 11 is 0. The van der Waals surface area contributed by atoms with Gasteiger partial charge in [0.1, 0.15) is 5.75 Å². The Morgan fingerprint density at radius 1 is 1.00 bits per heavy atom. The molecular formula is C16H18N2O4. The zero-order valence-electron chi connectivity index (χ0n) is 12.8. The molecule has 1 amide bonds. The Balaban J connectivity index is 2.21. The number of methoxy groups -OCH3 is 3. The number of nitrogens with one attached hydrogen (secondary N) is 1. The fourth-order valence-corrected chi connectivity index (χ4v) is 1.98. The number of hydrogen-bond acceptors (Lipinski definition) is 5. The average molecular weight is 302 g/mol. The summed E-state index contributed by atoms with van der Waals surface area (Å²) in [5, 5.41) is 2.84. The van der Waals surface area contributed by atoms with Gasteiger partial charge in [0, 0.05) is 31.1 Å². The van der Waals surface area contributed by atoms with Crippen LogP contribution in [0.5, 0.6) is 17.2 Å². The van der Waals surface area contributed by atoms with Crippen molar-refractivity contribution in [1.29, 1.82) is 0 Å². The highest BCUT2D eigenvalue weighted by atomic mass is 16.5. The van der Waals surface area contributed by atoms with Gasteiger partial charge in [-0.25, -0.2) is 0 Å². The van der Waals surface area contributed by atoms with E-state index < -0.39 is 0 Å². The van der Waals surface area contributed by atoms with E-state index in [0.717, 1.165) is 5.56 Å². The second-order valence-electron chi connectivity index (χ2n) is 4.45. The Labute approximate surface area is 129 Å². The topological polar surface area (TPSA) is 69.7 Å². The standard InChI is InChI=1S/C16H18N2O4/c1-20-13-9-15(22-3)14(21-2)8-12(13)16(19)18-10-11-4-6-17-7-5-11/h4-9H,10H2,1-3H3,(H,18,19). The van der Waals surface area contributed by atoms with Crippen molar-refractivity contribution in [1.82, 2.24) is 10.3 Å². The summed E-state index contributed by atoms with van der Waals surface area (Å²) in [6, 6.07) is 6.90. The van der Waals surface area contributed by atoms with Gasteiger partial charge in [0.25, 0.3) is 5.91 Å². The molecule has 22 heavy (non-hydrogen) atoms. The van der Waals surface area contributed by atoms with Gasteiger partial charge in [0.05, 0.1) is 26.9 Å². The molecule has 0 radical (unpaired) electrons. The average Bonchev–Trinajstić information content (AvgIpc) is 2.59. The number of carbonyl (C=O) groups is 1. The second-order valence-corrected chi connectivity index (χ2v) is 4.45. The lowest BCUT2D eigenvalue weighted by Crippen LogP contribution is -2.23. The lowest BCUT2D eigenvalue weighted by Gasteiger charge is -2.14. The van der Waals surface area contributed by atoms with Gasteiger partial charge in [-0.15, -0.1) is 0 Å². The first kappa shape index (κ1) is 15.6. The van der Waals surface area contributed by atoms with Crippen LogP contribution in [0.3, 0.4) is 0 Å². The highest BCUT2D eigenvalue weighted by Crippen LogP contribution is 2.34. The smallest absolute Gasteiger partial charge is 0.255 e. The number of amides is 1. The Hall–Kier alpha value is -2.76. The van der Waals surface area contributed by atoms with Crippen LogP contribution in [0.2, 0.25) is 0 Å². The third kappa shape index (κ3) is 3.46. The van der Waals surface area contributed by atoms with Gasteiger partial charge in [0.15, 0.2) is 11.5 Å². The van der Waals surface area contributed by atoms with Crippen molar-refractivity contribution in [2.24, 2.45) is 0 Å². The third-order valence-electron chi connectivity index (χ3n) is 3.15. The summed E-state index contributed by atoms with van der Waals surface area (Å²) in [5.74, 6) is 1.14. The number of rotatable bonds is 6. The number of benzene rings is 1. The summed E-state index contributed by atoms with van der Waals surface area (Å²) in [5.41, 5.74) is 1.34. The number of hydrogen-bond donors (Lipinski definition) is 1. The van der Waals surface area contributed by atoms with Crippen molar-refractivity contribution in [3.63, 3.8) is 0 Å². The molecule has 1 N–H and O–H groups in total. The van der Waals surface area contributed by atoms with Crippen LogP contribution >= 0.6 is 0 Å². The van der Waals surface area contributed by atoms with Crippen LogP contribution in [-0.4, -0.2) is 32.2 Å². The lowest BCUT2D eigenvalue weighted by atomic mass is 10.1. The minimum Gasteiger partial charge on any atom is -0.496 e. The Bertz CT molecular complexity index is 644. The number of ether oxygens (including phenoxy) is 3. The van der Waals surface area contributed by atoms with Gasteiger partial charge in [-0.05, 0) is 17.7 Å². The molecule has 0 aliphatic rings. The van der Waals surface area contributed by atoms with Crippen LogP contribution < -0.4 is 19.5 Å². The zero-order chi connectivity index (χ0) is 15.9. The maximum Gasteiger partial charge on any atom is 0.255 e. The first-order valence-corrected chi connectivity index (χ1v) is 6.66. The van der Waals surface area contributed by atoms with Crippen LogP contribution in [0.25, 0.3) is 0 Å². The third-order valence-corrected chi connectivity index (χ3v) is 3.15. The minimum atomic E-state index is -0.255. The highest BCUT2D eigenvalue weighted by molar-refractivity contribution is 5.97. The molecular weight excluding hydrogens is 284 g/mol. The quantitative estimate of drug-likeness (QED) is 0.884. The Morgan fingerprint density at radius 2 is 1.59 bits per heavy atom. The summed E-state index contributed by atoms with van der Waals surface area (Å²) in [6.07, 6.45) is 3.36. The van der Waals surface area contributed by atoms with E-state index >= 15 is 0 Å². The fraction of sp³-hybridized carbons (Fsp3) is 0.250. The van der Waals surface area contributed by atoms with Crippen LogP contribution in [0.1, 0.15) is 15.9 Å². The molecule has 6 heteroatoms. The molecule has 1 heterocycles. The van der Waals surface area contributed by atoms with Crippen molar-refractivity contribution in [3.8, 4) is 17.2 Å². The van der Waals surface area contributed by atoms with Crippen molar-refractivity contribution < 1.29 is 19.0 Å². The molecule has 1 aromatic carbocycles. The first-order valence-electron chi connectivity index (χ1n) is 6.66. The van der Waals surface area contributed by atoms with Crippen LogP contribution in [0.15, 0.2) is 36.7 Å². The van der Waals surface area contributed by atoms with Gasteiger partial charge in [0.2, 0.25) is 0 Å². The molecule has 0 fully saturated rings. The van der Waals surface area contributed by atoms with Crippen molar-refractivity contribution in [2.75, 3.05) is 21.3 Å². The first-order chi connectivity index (χ1) is 10.7. The fourth-order valence-electron chi connectivity index (χ4n) is 1.98. The molecule has 1 aromatic heterocycles. The number of aromatic nitrogens is 1.